The summed E-state index contributed by atoms with van der Waals surface area (Å²) in [7, 11) is 3.58. The minimum atomic E-state index is -0.905. The van der Waals surface area contributed by atoms with Gasteiger partial charge < -0.3 is 20.1 Å². The van der Waals surface area contributed by atoms with Gasteiger partial charge in [-0.15, -0.1) is 0 Å². The largest absolute Gasteiger partial charge is 0.496 e. The van der Waals surface area contributed by atoms with Crippen LogP contribution in [-0.2, 0) is 6.54 Å². The lowest BCUT2D eigenvalue weighted by Gasteiger charge is -2.37. The number of aryl methyl sites for hydroxylation is 1. The first-order valence-electron chi connectivity index (χ1n) is 10.5. The Morgan fingerprint density at radius 3 is 2.87 bits per heavy atom. The van der Waals surface area contributed by atoms with E-state index < -0.39 is 5.97 Å². The van der Waals surface area contributed by atoms with Gasteiger partial charge in [-0.25, -0.2) is 4.79 Å². The lowest BCUT2D eigenvalue weighted by atomic mass is 9.92. The van der Waals surface area contributed by atoms with Crippen molar-refractivity contribution in [3.05, 3.63) is 58.8 Å². The van der Waals surface area contributed by atoms with Gasteiger partial charge in [0.1, 0.15) is 5.75 Å². The van der Waals surface area contributed by atoms with Crippen LogP contribution >= 0.6 is 0 Å². The summed E-state index contributed by atoms with van der Waals surface area (Å²) in [6.45, 7) is 3.88. The number of methoxy groups -OCH3 is 1. The average molecular weight is 408 g/mol. The maximum Gasteiger partial charge on any atom is 0.335 e. The van der Waals surface area contributed by atoms with Crippen molar-refractivity contribution in [2.45, 2.75) is 38.8 Å². The number of aromatic nitrogens is 1. The molecule has 158 valence electrons. The molecule has 1 aromatic heterocycles. The second-order valence-corrected chi connectivity index (χ2v) is 7.98. The van der Waals surface area contributed by atoms with Crippen molar-refractivity contribution in [2.24, 2.45) is 0 Å². The van der Waals surface area contributed by atoms with E-state index in [1.165, 1.54) is 16.5 Å². The van der Waals surface area contributed by atoms with Gasteiger partial charge in [0.15, 0.2) is 0 Å². The number of anilines is 1. The number of aromatic amines is 1. The highest BCUT2D eigenvalue weighted by Gasteiger charge is 2.28. The molecule has 2 aromatic carbocycles. The topological polar surface area (TPSA) is 77.6 Å². The molecule has 2 heterocycles. The van der Waals surface area contributed by atoms with Gasteiger partial charge in [0.05, 0.1) is 12.7 Å². The number of hydrogen-bond donors (Lipinski definition) is 3. The lowest BCUT2D eigenvalue weighted by Crippen LogP contribution is -2.33. The normalized spacial score (nSPS) is 17.2. The van der Waals surface area contributed by atoms with E-state index in [4.69, 9.17) is 4.74 Å². The molecule has 1 aliphatic heterocycles. The van der Waals surface area contributed by atoms with E-state index in [1.54, 1.807) is 19.2 Å². The highest BCUT2D eigenvalue weighted by Crippen LogP contribution is 2.39. The third kappa shape index (κ3) is 3.63. The summed E-state index contributed by atoms with van der Waals surface area (Å²) in [5, 5.41) is 13.8. The number of H-pyrrole nitrogens is 1. The molecule has 6 nitrogen and oxygen atoms in total. The number of nitrogens with zero attached hydrogens (tertiary/aromatic N) is 1. The number of aromatic carboxylic acids is 1. The molecule has 6 heteroatoms. The van der Waals surface area contributed by atoms with Crippen LogP contribution < -0.4 is 10.1 Å². The van der Waals surface area contributed by atoms with E-state index in [0.717, 1.165) is 54.9 Å². The van der Waals surface area contributed by atoms with E-state index in [-0.39, 0.29) is 6.04 Å². The predicted molar refractivity (Wildman–Crippen MR) is 120 cm³/mol. The number of piperidine rings is 1. The molecule has 0 spiro atoms. The molecule has 0 aliphatic carbocycles. The molecule has 1 saturated heterocycles. The summed E-state index contributed by atoms with van der Waals surface area (Å²) in [5.74, 6) is 0.0109. The Bertz CT molecular complexity index is 1070. The highest BCUT2D eigenvalue weighted by molar-refractivity contribution is 5.89. The van der Waals surface area contributed by atoms with Crippen LogP contribution in [0.4, 0.5) is 5.69 Å². The molecule has 4 rings (SSSR count). The summed E-state index contributed by atoms with van der Waals surface area (Å²) >= 11 is 0. The Labute approximate surface area is 176 Å². The Hall–Kier alpha value is -2.99. The fourth-order valence-electron chi connectivity index (χ4n) is 4.71. The number of benzene rings is 2. The number of carbonyl (C=O) groups is 1. The van der Waals surface area contributed by atoms with Crippen molar-refractivity contribution in [1.29, 1.82) is 0 Å². The van der Waals surface area contributed by atoms with Crippen molar-refractivity contribution in [3.8, 4) is 5.75 Å². The summed E-state index contributed by atoms with van der Waals surface area (Å²) < 4.78 is 5.75. The van der Waals surface area contributed by atoms with Crippen LogP contribution in [0.5, 0.6) is 5.75 Å². The molecular formula is C24H29N3O3. The van der Waals surface area contributed by atoms with Gasteiger partial charge >= 0.3 is 5.97 Å². The minimum Gasteiger partial charge on any atom is -0.496 e. The van der Waals surface area contributed by atoms with Gasteiger partial charge in [-0.05, 0) is 61.7 Å². The fraction of sp³-hybridized carbons (Fsp3) is 0.375. The summed E-state index contributed by atoms with van der Waals surface area (Å²) in [6.07, 6.45) is 5.35. The van der Waals surface area contributed by atoms with Crippen molar-refractivity contribution >= 4 is 22.6 Å². The first-order chi connectivity index (χ1) is 14.5. The zero-order valence-electron chi connectivity index (χ0n) is 17.8. The molecule has 3 N–H and O–H groups in total. The maximum atomic E-state index is 11.4. The molecule has 0 saturated carbocycles. The smallest absolute Gasteiger partial charge is 0.335 e. The molecule has 0 amide bonds. The zero-order valence-corrected chi connectivity index (χ0v) is 17.8. The number of carboxylic acids is 1. The fourth-order valence-corrected chi connectivity index (χ4v) is 4.71. The average Bonchev–Trinajstić information content (AvgIpc) is 3.26. The van der Waals surface area contributed by atoms with E-state index in [2.05, 4.69) is 34.3 Å². The monoisotopic (exact) mass is 407 g/mol. The van der Waals surface area contributed by atoms with Gasteiger partial charge in [0, 0.05) is 48.0 Å². The van der Waals surface area contributed by atoms with Crippen molar-refractivity contribution in [1.82, 2.24) is 9.88 Å². The number of nitrogens with one attached hydrogen (secondary N) is 2. The SMILES string of the molecule is CNc1cc(C(=O)O)ccc1[C@@H]1CCCCN1Cc1c(OC)cc(C)c2[nH]ccc12. The predicted octanol–water partition coefficient (Wildman–Crippen LogP) is 4.95. The third-order valence-electron chi connectivity index (χ3n) is 6.23. The number of carboxylic acid groups (broad SMARTS) is 1. The maximum absolute atomic E-state index is 11.4. The second kappa shape index (κ2) is 8.40. The van der Waals surface area contributed by atoms with Crippen LogP contribution in [0.3, 0.4) is 0 Å². The van der Waals surface area contributed by atoms with Crippen LogP contribution in [0.25, 0.3) is 10.9 Å². The molecule has 0 bridgehead atoms. The number of rotatable bonds is 6. The highest BCUT2D eigenvalue weighted by atomic mass is 16.5. The molecule has 30 heavy (non-hydrogen) atoms. The Morgan fingerprint density at radius 2 is 2.13 bits per heavy atom. The van der Waals surface area contributed by atoms with Gasteiger partial charge in [0.2, 0.25) is 0 Å². The first-order valence-corrected chi connectivity index (χ1v) is 10.5. The van der Waals surface area contributed by atoms with Gasteiger partial charge in [0.25, 0.3) is 0 Å². The van der Waals surface area contributed by atoms with E-state index >= 15 is 0 Å². The molecule has 1 atom stereocenters. The Balaban J connectivity index is 1.73. The lowest BCUT2D eigenvalue weighted by molar-refractivity contribution is 0.0697. The van der Waals surface area contributed by atoms with Crippen molar-refractivity contribution in [3.63, 3.8) is 0 Å². The number of likely N-dealkylation sites (tertiary alicyclic amines) is 1. The number of ether oxygens (including phenoxy) is 1. The molecule has 0 radical (unpaired) electrons. The molecule has 0 unspecified atom stereocenters. The molecular weight excluding hydrogens is 378 g/mol. The van der Waals surface area contributed by atoms with Crippen LogP contribution in [0.2, 0.25) is 0 Å². The van der Waals surface area contributed by atoms with Crippen LogP contribution in [0.1, 0.15) is 52.4 Å². The van der Waals surface area contributed by atoms with Crippen LogP contribution in [-0.4, -0.2) is 41.7 Å². The van der Waals surface area contributed by atoms with E-state index in [0.29, 0.717) is 5.56 Å². The van der Waals surface area contributed by atoms with Gasteiger partial charge in [-0.1, -0.05) is 12.5 Å². The number of fused-ring (bicyclic) bond motifs is 1. The number of hydrogen-bond acceptors (Lipinski definition) is 4. The summed E-state index contributed by atoms with van der Waals surface area (Å²) in [4.78, 5) is 17.3. The summed E-state index contributed by atoms with van der Waals surface area (Å²) in [5.41, 5.74) is 5.86. The zero-order chi connectivity index (χ0) is 21.3. The second-order valence-electron chi connectivity index (χ2n) is 7.98. The van der Waals surface area contributed by atoms with Crippen molar-refractivity contribution < 1.29 is 14.6 Å². The van der Waals surface area contributed by atoms with Gasteiger partial charge in [-0.3, -0.25) is 4.90 Å². The molecule has 3 aromatic rings. The Morgan fingerprint density at radius 1 is 1.30 bits per heavy atom. The van der Waals surface area contributed by atoms with E-state index in [1.807, 2.05) is 19.3 Å². The van der Waals surface area contributed by atoms with E-state index in [9.17, 15) is 9.90 Å². The van der Waals surface area contributed by atoms with Crippen LogP contribution in [0.15, 0.2) is 36.5 Å². The van der Waals surface area contributed by atoms with Gasteiger partial charge in [-0.2, -0.15) is 0 Å². The van der Waals surface area contributed by atoms with Crippen LogP contribution in [0, 0.1) is 6.92 Å². The van der Waals surface area contributed by atoms with Crippen molar-refractivity contribution in [2.75, 3.05) is 26.0 Å². The third-order valence-corrected chi connectivity index (χ3v) is 6.23. The summed E-state index contributed by atoms with van der Waals surface area (Å²) in [6, 6.07) is 9.87. The minimum absolute atomic E-state index is 0.226. The standard InChI is InChI=1S/C24H29N3O3/c1-15-12-22(30-3)19(17-9-10-26-23(15)17)14-27-11-5-4-6-21(27)18-8-7-16(24(28)29)13-20(18)25-2/h7-10,12-13,21,25-26H,4-6,11,14H2,1-3H3,(H,28,29)/t21-/m0/s1. The Kier molecular flexibility index (Phi) is 5.68. The first kappa shape index (κ1) is 20.3. The quantitative estimate of drug-likeness (QED) is 0.539. The molecule has 1 aliphatic rings. The molecule has 1 fully saturated rings.